The van der Waals surface area contributed by atoms with Gasteiger partial charge < -0.3 is 15.7 Å². The molecule has 3 N–H and O–H groups in total. The van der Waals surface area contributed by atoms with E-state index in [-0.39, 0.29) is 5.54 Å². The predicted octanol–water partition coefficient (Wildman–Crippen LogP) is -0.600. The lowest BCUT2D eigenvalue weighted by atomic mass is 9.77. The Bertz CT molecular complexity index is 133. The Balaban J connectivity index is 2.57. The smallest absolute Gasteiger partial charge is 0.0795 e. The average Bonchev–Trinajstić information content (AvgIpc) is 1.58. The summed E-state index contributed by atoms with van der Waals surface area (Å²) in [5, 5.41) is 9.56. The fraction of sp³-hybridized carbons (Fsp3) is 1.00. The van der Waals surface area contributed by atoms with E-state index in [2.05, 4.69) is 4.90 Å². The van der Waals surface area contributed by atoms with Crippen LogP contribution in [0.2, 0.25) is 0 Å². The van der Waals surface area contributed by atoms with Gasteiger partial charge in [-0.1, -0.05) is 0 Å². The quantitative estimate of drug-likeness (QED) is 0.516. The molecule has 0 aromatic carbocycles. The van der Waals surface area contributed by atoms with Crippen molar-refractivity contribution in [1.82, 2.24) is 4.90 Å². The van der Waals surface area contributed by atoms with E-state index in [4.69, 9.17) is 5.73 Å². The highest BCUT2D eigenvalue weighted by atomic mass is 16.3. The van der Waals surface area contributed by atoms with Gasteiger partial charge in [0.25, 0.3) is 0 Å². The highest BCUT2D eigenvalue weighted by molar-refractivity contribution is 5.08. The summed E-state index contributed by atoms with van der Waals surface area (Å²) in [5.41, 5.74) is 4.74. The van der Waals surface area contributed by atoms with Gasteiger partial charge in [0.05, 0.1) is 11.1 Å². The van der Waals surface area contributed by atoms with Crippen molar-refractivity contribution in [2.45, 2.75) is 25.0 Å². The monoisotopic (exact) mass is 144 g/mol. The van der Waals surface area contributed by atoms with E-state index in [0.717, 1.165) is 13.1 Å². The van der Waals surface area contributed by atoms with Crippen LogP contribution in [0.3, 0.4) is 0 Å². The molecular formula is C7H16N2O. The first kappa shape index (κ1) is 7.98. The van der Waals surface area contributed by atoms with Crippen LogP contribution in [-0.2, 0) is 0 Å². The molecule has 1 fully saturated rings. The Morgan fingerprint density at radius 3 is 2.00 bits per heavy atom. The molecule has 0 aromatic heterocycles. The zero-order valence-corrected chi connectivity index (χ0v) is 6.89. The van der Waals surface area contributed by atoms with Crippen molar-refractivity contribution in [1.29, 1.82) is 0 Å². The highest BCUT2D eigenvalue weighted by Crippen LogP contribution is 2.27. The number of nitrogens with zero attached hydrogens (tertiary/aromatic N) is 1. The number of hydrogen-bond acceptors (Lipinski definition) is 3. The van der Waals surface area contributed by atoms with Gasteiger partial charge in [0, 0.05) is 13.1 Å². The molecule has 0 spiro atoms. The molecule has 0 amide bonds. The molecule has 0 aliphatic carbocycles. The van der Waals surface area contributed by atoms with Gasteiger partial charge in [-0.3, -0.25) is 0 Å². The molecular weight excluding hydrogens is 128 g/mol. The Morgan fingerprint density at radius 2 is 1.90 bits per heavy atom. The number of likely N-dealkylation sites (N-methyl/N-ethyl adjacent to an activating group) is 1. The third-order valence-corrected chi connectivity index (χ3v) is 2.32. The average molecular weight is 144 g/mol. The van der Waals surface area contributed by atoms with Crippen LogP contribution < -0.4 is 5.73 Å². The van der Waals surface area contributed by atoms with Gasteiger partial charge in [0.2, 0.25) is 0 Å². The number of nitrogens with two attached hydrogens (primary N) is 1. The summed E-state index contributed by atoms with van der Waals surface area (Å²) in [5.74, 6) is 0. The van der Waals surface area contributed by atoms with E-state index in [1.165, 1.54) is 0 Å². The fourth-order valence-electron chi connectivity index (χ4n) is 1.30. The van der Waals surface area contributed by atoms with Gasteiger partial charge in [-0.05, 0) is 20.9 Å². The van der Waals surface area contributed by atoms with E-state index >= 15 is 0 Å². The van der Waals surface area contributed by atoms with Crippen molar-refractivity contribution in [2.75, 3.05) is 20.1 Å². The van der Waals surface area contributed by atoms with Crippen molar-refractivity contribution in [3.8, 4) is 0 Å². The second-order valence-corrected chi connectivity index (χ2v) is 3.89. The molecule has 1 aliphatic heterocycles. The van der Waals surface area contributed by atoms with E-state index in [0.29, 0.717) is 0 Å². The summed E-state index contributed by atoms with van der Waals surface area (Å²) in [4.78, 5) is 2.10. The number of hydrogen-bond donors (Lipinski definition) is 2. The zero-order valence-electron chi connectivity index (χ0n) is 6.89. The van der Waals surface area contributed by atoms with Crippen LogP contribution >= 0.6 is 0 Å². The zero-order chi connectivity index (χ0) is 7.99. The molecule has 3 heteroatoms. The van der Waals surface area contributed by atoms with Crippen LogP contribution in [0.5, 0.6) is 0 Å². The van der Waals surface area contributed by atoms with E-state index in [1.807, 2.05) is 7.05 Å². The van der Waals surface area contributed by atoms with Crippen molar-refractivity contribution >= 4 is 0 Å². The van der Waals surface area contributed by atoms with Crippen LogP contribution in [-0.4, -0.2) is 41.3 Å². The maximum atomic E-state index is 9.56. The molecule has 3 nitrogen and oxygen atoms in total. The third-order valence-electron chi connectivity index (χ3n) is 2.32. The van der Waals surface area contributed by atoms with Gasteiger partial charge in [0.1, 0.15) is 0 Å². The second-order valence-electron chi connectivity index (χ2n) is 3.89. The first-order valence-corrected chi connectivity index (χ1v) is 3.55. The molecule has 1 heterocycles. The largest absolute Gasteiger partial charge is 0.388 e. The van der Waals surface area contributed by atoms with E-state index in [1.54, 1.807) is 13.8 Å². The Morgan fingerprint density at radius 1 is 1.50 bits per heavy atom. The first-order valence-electron chi connectivity index (χ1n) is 3.55. The molecule has 0 unspecified atom stereocenters. The Labute approximate surface area is 61.8 Å². The molecule has 1 rings (SSSR count). The summed E-state index contributed by atoms with van der Waals surface area (Å²) >= 11 is 0. The lowest BCUT2D eigenvalue weighted by Gasteiger charge is -2.52. The van der Waals surface area contributed by atoms with Crippen LogP contribution in [0.15, 0.2) is 0 Å². The number of likely N-dealkylation sites (tertiary alicyclic amines) is 1. The Hall–Kier alpha value is -0.120. The number of aliphatic hydroxyl groups is 1. The van der Waals surface area contributed by atoms with Gasteiger partial charge >= 0.3 is 0 Å². The Kier molecular flexibility index (Phi) is 1.54. The van der Waals surface area contributed by atoms with Crippen LogP contribution in [0, 0.1) is 0 Å². The second kappa shape index (κ2) is 1.94. The summed E-state index contributed by atoms with van der Waals surface area (Å²) in [6, 6.07) is 0. The fourth-order valence-corrected chi connectivity index (χ4v) is 1.30. The summed E-state index contributed by atoms with van der Waals surface area (Å²) < 4.78 is 0. The first-order chi connectivity index (χ1) is 4.35. The van der Waals surface area contributed by atoms with E-state index < -0.39 is 5.60 Å². The van der Waals surface area contributed by atoms with Crippen molar-refractivity contribution < 1.29 is 5.11 Å². The molecule has 0 radical (unpaired) electrons. The molecule has 0 atom stereocenters. The van der Waals surface area contributed by atoms with Crippen molar-refractivity contribution in [3.05, 3.63) is 0 Å². The van der Waals surface area contributed by atoms with Gasteiger partial charge in [0.15, 0.2) is 0 Å². The normalized spacial score (nSPS) is 26.1. The maximum absolute atomic E-state index is 9.56. The van der Waals surface area contributed by atoms with Gasteiger partial charge in [-0.2, -0.15) is 0 Å². The maximum Gasteiger partial charge on any atom is 0.0795 e. The minimum Gasteiger partial charge on any atom is -0.388 e. The van der Waals surface area contributed by atoms with Gasteiger partial charge in [-0.15, -0.1) is 0 Å². The summed E-state index contributed by atoms with van der Waals surface area (Å²) in [6.45, 7) is 5.10. The summed E-state index contributed by atoms with van der Waals surface area (Å²) in [6.07, 6.45) is 0. The highest BCUT2D eigenvalue weighted by Gasteiger charge is 2.48. The standard InChI is InChI=1S/C7H16N2O/c1-6(2,10)7(8)4-9(3)5-7/h10H,4-5,8H2,1-3H3. The summed E-state index contributed by atoms with van der Waals surface area (Å²) in [7, 11) is 2.00. The SMILES string of the molecule is CN1CC(N)(C(C)(C)O)C1. The lowest BCUT2D eigenvalue weighted by molar-refractivity contribution is -0.0746. The molecule has 60 valence electrons. The number of rotatable bonds is 1. The minimum absolute atomic E-state index is 0.387. The van der Waals surface area contributed by atoms with Crippen LogP contribution in [0.25, 0.3) is 0 Å². The molecule has 1 saturated heterocycles. The van der Waals surface area contributed by atoms with Crippen molar-refractivity contribution in [2.24, 2.45) is 5.73 Å². The molecule has 0 bridgehead atoms. The van der Waals surface area contributed by atoms with Gasteiger partial charge in [-0.25, -0.2) is 0 Å². The molecule has 10 heavy (non-hydrogen) atoms. The molecule has 1 aliphatic rings. The van der Waals surface area contributed by atoms with Crippen LogP contribution in [0.4, 0.5) is 0 Å². The molecule has 0 aromatic rings. The third kappa shape index (κ3) is 1.05. The van der Waals surface area contributed by atoms with Crippen LogP contribution in [0.1, 0.15) is 13.8 Å². The topological polar surface area (TPSA) is 49.5 Å². The lowest BCUT2D eigenvalue weighted by Crippen LogP contribution is -2.75. The minimum atomic E-state index is -0.750. The molecule has 0 saturated carbocycles. The van der Waals surface area contributed by atoms with E-state index in [9.17, 15) is 5.11 Å². The predicted molar refractivity (Wildman–Crippen MR) is 40.7 cm³/mol. The van der Waals surface area contributed by atoms with Crippen molar-refractivity contribution in [3.63, 3.8) is 0 Å².